The Labute approximate surface area is 119 Å². The number of ether oxygens (including phenoxy) is 2. The fourth-order valence-corrected chi connectivity index (χ4v) is 2.57. The molecular formula is C14H20N2O2S. The lowest BCUT2D eigenvalue weighted by atomic mass is 10.0. The van der Waals surface area contributed by atoms with Crippen LogP contribution in [0.5, 0.6) is 11.5 Å². The second-order valence-electron chi connectivity index (χ2n) is 4.75. The van der Waals surface area contributed by atoms with Crippen molar-refractivity contribution in [1.82, 2.24) is 4.90 Å². The van der Waals surface area contributed by atoms with Gasteiger partial charge in [0, 0.05) is 0 Å². The zero-order chi connectivity index (χ0) is 13.8. The van der Waals surface area contributed by atoms with Crippen LogP contribution in [0.3, 0.4) is 0 Å². The summed E-state index contributed by atoms with van der Waals surface area (Å²) in [6.07, 6.45) is 2.27. The summed E-state index contributed by atoms with van der Waals surface area (Å²) in [6.45, 7) is 3.42. The minimum absolute atomic E-state index is 0.0592. The van der Waals surface area contributed by atoms with E-state index < -0.39 is 0 Å². The monoisotopic (exact) mass is 280 g/mol. The zero-order valence-corrected chi connectivity index (χ0v) is 12.2. The van der Waals surface area contributed by atoms with Gasteiger partial charge in [0.25, 0.3) is 0 Å². The molecule has 104 valence electrons. The lowest BCUT2D eigenvalue weighted by molar-refractivity contribution is 0.174. The highest BCUT2D eigenvalue weighted by Crippen LogP contribution is 2.35. The molecule has 0 spiro atoms. The van der Waals surface area contributed by atoms with Crippen LogP contribution in [0.1, 0.15) is 31.4 Å². The SMILES string of the molecule is CCCCN(C)C(C(N)=S)c1ccc2c(c1)OCO2. The number of hydrogen-bond donors (Lipinski definition) is 1. The Kier molecular flexibility index (Phi) is 4.61. The van der Waals surface area contributed by atoms with Gasteiger partial charge in [-0.25, -0.2) is 0 Å². The summed E-state index contributed by atoms with van der Waals surface area (Å²) < 4.78 is 10.7. The van der Waals surface area contributed by atoms with E-state index >= 15 is 0 Å². The Morgan fingerprint density at radius 1 is 1.42 bits per heavy atom. The molecule has 1 aromatic carbocycles. The van der Waals surface area contributed by atoms with Gasteiger partial charge in [0.05, 0.1) is 11.0 Å². The van der Waals surface area contributed by atoms with Crippen LogP contribution in [0.25, 0.3) is 0 Å². The van der Waals surface area contributed by atoms with E-state index in [-0.39, 0.29) is 12.8 Å². The number of benzene rings is 1. The fraction of sp³-hybridized carbons (Fsp3) is 0.500. The predicted molar refractivity (Wildman–Crippen MR) is 79.6 cm³/mol. The molecule has 1 aromatic rings. The smallest absolute Gasteiger partial charge is 0.231 e. The van der Waals surface area contributed by atoms with Crippen LogP contribution in [-0.2, 0) is 0 Å². The highest BCUT2D eigenvalue weighted by atomic mass is 32.1. The van der Waals surface area contributed by atoms with Crippen LogP contribution in [0.4, 0.5) is 0 Å². The van der Waals surface area contributed by atoms with Gasteiger partial charge in [0.2, 0.25) is 6.79 Å². The first-order chi connectivity index (χ1) is 9.13. The van der Waals surface area contributed by atoms with Crippen LogP contribution in [0, 0.1) is 0 Å². The van der Waals surface area contributed by atoms with Crippen molar-refractivity contribution >= 4 is 17.2 Å². The minimum Gasteiger partial charge on any atom is -0.454 e. The summed E-state index contributed by atoms with van der Waals surface area (Å²) in [5.74, 6) is 1.55. The molecule has 1 aliphatic heterocycles. The molecule has 1 atom stereocenters. The third kappa shape index (κ3) is 3.16. The molecule has 0 amide bonds. The van der Waals surface area contributed by atoms with Gasteiger partial charge in [-0.3, -0.25) is 4.90 Å². The van der Waals surface area contributed by atoms with E-state index in [0.29, 0.717) is 4.99 Å². The highest BCUT2D eigenvalue weighted by Gasteiger charge is 2.22. The summed E-state index contributed by atoms with van der Waals surface area (Å²) in [6, 6.07) is 5.82. The largest absolute Gasteiger partial charge is 0.454 e. The molecule has 0 saturated carbocycles. The molecule has 4 nitrogen and oxygen atoms in total. The van der Waals surface area contributed by atoms with Crippen LogP contribution in [0.2, 0.25) is 0 Å². The second kappa shape index (κ2) is 6.21. The van der Waals surface area contributed by atoms with Gasteiger partial charge in [0.15, 0.2) is 11.5 Å². The molecule has 0 aliphatic carbocycles. The third-order valence-corrected chi connectivity index (χ3v) is 3.51. The van der Waals surface area contributed by atoms with Crippen molar-refractivity contribution in [2.75, 3.05) is 20.4 Å². The first kappa shape index (κ1) is 14.1. The first-order valence-corrected chi connectivity index (χ1v) is 6.93. The zero-order valence-electron chi connectivity index (χ0n) is 11.4. The Hall–Kier alpha value is -1.33. The summed E-state index contributed by atoms with van der Waals surface area (Å²) in [5.41, 5.74) is 6.96. The number of likely N-dealkylation sites (N-methyl/N-ethyl adjacent to an activating group) is 1. The lowest BCUT2D eigenvalue weighted by Gasteiger charge is -2.27. The summed E-state index contributed by atoms with van der Waals surface area (Å²) in [5, 5.41) is 0. The predicted octanol–water partition coefficient (Wildman–Crippen LogP) is 2.47. The maximum absolute atomic E-state index is 5.90. The van der Waals surface area contributed by atoms with E-state index in [9.17, 15) is 0 Å². The van der Waals surface area contributed by atoms with Crippen LogP contribution in [0.15, 0.2) is 18.2 Å². The van der Waals surface area contributed by atoms with Gasteiger partial charge >= 0.3 is 0 Å². The number of thiocarbonyl (C=S) groups is 1. The van der Waals surface area contributed by atoms with Crippen molar-refractivity contribution in [2.24, 2.45) is 5.73 Å². The Balaban J connectivity index is 2.21. The lowest BCUT2D eigenvalue weighted by Crippen LogP contribution is -2.34. The summed E-state index contributed by atoms with van der Waals surface area (Å²) >= 11 is 5.22. The fourth-order valence-electron chi connectivity index (χ4n) is 2.26. The van der Waals surface area contributed by atoms with Crippen molar-refractivity contribution in [1.29, 1.82) is 0 Å². The molecule has 1 unspecified atom stereocenters. The van der Waals surface area contributed by atoms with Gasteiger partial charge in [0.1, 0.15) is 0 Å². The maximum Gasteiger partial charge on any atom is 0.231 e. The molecule has 19 heavy (non-hydrogen) atoms. The first-order valence-electron chi connectivity index (χ1n) is 6.52. The van der Waals surface area contributed by atoms with Gasteiger partial charge in [-0.2, -0.15) is 0 Å². The second-order valence-corrected chi connectivity index (χ2v) is 5.22. The number of nitrogens with two attached hydrogens (primary N) is 1. The molecule has 0 bridgehead atoms. The molecular weight excluding hydrogens is 260 g/mol. The topological polar surface area (TPSA) is 47.7 Å². The Morgan fingerprint density at radius 2 is 2.16 bits per heavy atom. The number of rotatable bonds is 6. The average molecular weight is 280 g/mol. The molecule has 5 heteroatoms. The van der Waals surface area contributed by atoms with Crippen molar-refractivity contribution in [3.63, 3.8) is 0 Å². The number of hydrogen-bond acceptors (Lipinski definition) is 4. The molecule has 0 fully saturated rings. The van der Waals surface area contributed by atoms with Gasteiger partial charge in [-0.1, -0.05) is 31.6 Å². The molecule has 2 rings (SSSR count). The third-order valence-electron chi connectivity index (χ3n) is 3.29. The van der Waals surface area contributed by atoms with E-state index in [0.717, 1.165) is 36.4 Å². The summed E-state index contributed by atoms with van der Waals surface area (Å²) in [7, 11) is 2.05. The molecule has 1 aliphatic rings. The van der Waals surface area contributed by atoms with E-state index in [1.54, 1.807) is 0 Å². The average Bonchev–Trinajstić information content (AvgIpc) is 2.83. The van der Waals surface area contributed by atoms with E-state index in [1.807, 2.05) is 25.2 Å². The van der Waals surface area contributed by atoms with E-state index in [2.05, 4.69) is 11.8 Å². The molecule has 0 saturated heterocycles. The van der Waals surface area contributed by atoms with Crippen LogP contribution < -0.4 is 15.2 Å². The quantitative estimate of drug-likeness (QED) is 0.811. The van der Waals surface area contributed by atoms with Crippen molar-refractivity contribution < 1.29 is 9.47 Å². The van der Waals surface area contributed by atoms with E-state index in [1.165, 1.54) is 0 Å². The van der Waals surface area contributed by atoms with Gasteiger partial charge in [-0.15, -0.1) is 0 Å². The number of fused-ring (bicyclic) bond motifs is 1. The molecule has 1 heterocycles. The van der Waals surface area contributed by atoms with Gasteiger partial charge in [-0.05, 0) is 37.7 Å². The highest BCUT2D eigenvalue weighted by molar-refractivity contribution is 7.80. The standard InChI is InChI=1S/C14H20N2O2S/c1-3-4-7-16(2)13(14(15)19)10-5-6-11-12(8-10)18-9-17-11/h5-6,8,13H,3-4,7,9H2,1-2H3,(H2,15,19). The molecule has 0 radical (unpaired) electrons. The summed E-state index contributed by atoms with van der Waals surface area (Å²) in [4.78, 5) is 2.67. The van der Waals surface area contributed by atoms with Crippen molar-refractivity contribution in [3.8, 4) is 11.5 Å². The Bertz CT molecular complexity index is 465. The van der Waals surface area contributed by atoms with Crippen molar-refractivity contribution in [2.45, 2.75) is 25.8 Å². The number of unbranched alkanes of at least 4 members (excludes halogenated alkanes) is 1. The normalized spacial score (nSPS) is 14.7. The van der Waals surface area contributed by atoms with Crippen LogP contribution in [-0.4, -0.2) is 30.3 Å². The maximum atomic E-state index is 5.90. The Morgan fingerprint density at radius 3 is 2.84 bits per heavy atom. The molecule has 0 aromatic heterocycles. The van der Waals surface area contributed by atoms with E-state index in [4.69, 9.17) is 27.4 Å². The van der Waals surface area contributed by atoms with Crippen molar-refractivity contribution in [3.05, 3.63) is 23.8 Å². The van der Waals surface area contributed by atoms with Gasteiger partial charge < -0.3 is 15.2 Å². The number of nitrogens with zero attached hydrogens (tertiary/aromatic N) is 1. The molecule has 2 N–H and O–H groups in total. The van der Waals surface area contributed by atoms with Crippen LogP contribution >= 0.6 is 12.2 Å². The minimum atomic E-state index is -0.0592.